The first-order chi connectivity index (χ1) is 17.6. The zero-order chi connectivity index (χ0) is 25.7. The second-order valence-electron chi connectivity index (χ2n) is 10.8. The second kappa shape index (κ2) is 7.86. The molecule has 2 aliphatic carbocycles. The van der Waals surface area contributed by atoms with Gasteiger partial charge in [-0.1, -0.05) is 11.6 Å². The van der Waals surface area contributed by atoms with E-state index < -0.39 is 29.9 Å². The maximum atomic E-state index is 13.9. The van der Waals surface area contributed by atoms with E-state index in [1.165, 1.54) is 6.07 Å². The van der Waals surface area contributed by atoms with E-state index in [1.54, 1.807) is 11.0 Å². The van der Waals surface area contributed by atoms with Gasteiger partial charge in [0, 0.05) is 42.4 Å². The van der Waals surface area contributed by atoms with E-state index >= 15 is 0 Å². The smallest absolute Gasteiger partial charge is 0.283 e. The lowest BCUT2D eigenvalue weighted by molar-refractivity contribution is 0.0577. The summed E-state index contributed by atoms with van der Waals surface area (Å²) in [4.78, 5) is 7.47. The first-order valence-electron chi connectivity index (χ1n) is 12.2. The summed E-state index contributed by atoms with van der Waals surface area (Å²) in [5.74, 6) is -1.79. The molecular formula is C25H22ClF5N6. The topological polar surface area (TPSA) is 50.1 Å². The van der Waals surface area contributed by atoms with Crippen LogP contribution >= 0.6 is 11.6 Å². The first-order valence-corrected chi connectivity index (χ1v) is 12.5. The van der Waals surface area contributed by atoms with Crippen LogP contribution in [0.3, 0.4) is 0 Å². The normalized spacial score (nSPS) is 23.9. The number of benzene rings is 1. The Morgan fingerprint density at radius 2 is 1.76 bits per heavy atom. The van der Waals surface area contributed by atoms with Crippen molar-refractivity contribution in [1.82, 2.24) is 24.6 Å². The number of nitrogens with zero attached hydrogens (tertiary/aromatic N) is 6. The van der Waals surface area contributed by atoms with Crippen molar-refractivity contribution in [3.8, 4) is 5.69 Å². The summed E-state index contributed by atoms with van der Waals surface area (Å²) in [6.07, 6.45) is -1.46. The lowest BCUT2D eigenvalue weighted by Crippen LogP contribution is -2.62. The zero-order valence-electron chi connectivity index (χ0n) is 19.5. The Balaban J connectivity index is 1.11. The first kappa shape index (κ1) is 23.3. The molecule has 0 amide bonds. The molecule has 1 unspecified atom stereocenters. The summed E-state index contributed by atoms with van der Waals surface area (Å²) in [6.45, 7) is 1.91. The average Bonchev–Trinajstić information content (AvgIpc) is 3.30. The van der Waals surface area contributed by atoms with E-state index in [-0.39, 0.29) is 24.3 Å². The van der Waals surface area contributed by atoms with Crippen molar-refractivity contribution in [2.75, 3.05) is 18.0 Å². The Labute approximate surface area is 214 Å². The fraction of sp³-hybridized carbons (Fsp3) is 0.480. The third-order valence-corrected chi connectivity index (χ3v) is 8.39. The minimum absolute atomic E-state index is 0.00772. The van der Waals surface area contributed by atoms with E-state index in [4.69, 9.17) is 11.6 Å². The standard InChI is InChI=1S/C25H22ClF5N6/c26-15-1-3-17-13(5-15)9-35(18-8-25(18,30)31)10-20-33-34-23(37(17)20)14-6-24(7-14)11-36(12-24)19-4-2-16(27)21(32-19)22(28)29/h1-5,14,18,22H,6-12H2. The van der Waals surface area contributed by atoms with Crippen molar-refractivity contribution in [3.05, 3.63) is 64.1 Å². The van der Waals surface area contributed by atoms with E-state index in [1.807, 2.05) is 21.6 Å². The molecule has 1 spiro atoms. The van der Waals surface area contributed by atoms with Crippen LogP contribution in [0, 0.1) is 11.2 Å². The van der Waals surface area contributed by atoms with Crippen LogP contribution in [0.25, 0.3) is 5.69 Å². The van der Waals surface area contributed by atoms with Gasteiger partial charge in [0.25, 0.3) is 12.3 Å². The van der Waals surface area contributed by atoms with Crippen molar-refractivity contribution in [2.45, 2.75) is 56.7 Å². The van der Waals surface area contributed by atoms with Crippen LogP contribution in [0.2, 0.25) is 5.02 Å². The van der Waals surface area contributed by atoms with Crippen LogP contribution in [0.15, 0.2) is 30.3 Å². The quantitative estimate of drug-likeness (QED) is 0.412. The molecule has 12 heteroatoms. The van der Waals surface area contributed by atoms with Gasteiger partial charge in [-0.15, -0.1) is 10.2 Å². The molecule has 4 heterocycles. The highest BCUT2D eigenvalue weighted by Gasteiger charge is 2.60. The number of hydrogen-bond acceptors (Lipinski definition) is 5. The van der Waals surface area contributed by atoms with Gasteiger partial charge in [-0.2, -0.15) is 0 Å². The van der Waals surface area contributed by atoms with Gasteiger partial charge in [-0.25, -0.2) is 26.9 Å². The molecule has 0 N–H and O–H groups in total. The van der Waals surface area contributed by atoms with Crippen molar-refractivity contribution in [2.24, 2.45) is 5.41 Å². The average molecular weight is 537 g/mol. The number of hydrogen-bond donors (Lipinski definition) is 0. The van der Waals surface area contributed by atoms with Gasteiger partial charge in [0.2, 0.25) is 0 Å². The Morgan fingerprint density at radius 3 is 2.46 bits per heavy atom. The Kier molecular flexibility index (Phi) is 4.96. The lowest BCUT2D eigenvalue weighted by atomic mass is 9.57. The third-order valence-electron chi connectivity index (χ3n) is 8.15. The zero-order valence-corrected chi connectivity index (χ0v) is 20.3. The summed E-state index contributed by atoms with van der Waals surface area (Å²) in [6, 6.07) is 7.14. The highest BCUT2D eigenvalue weighted by Crippen LogP contribution is 2.57. The molecule has 3 fully saturated rings. The fourth-order valence-corrected chi connectivity index (χ4v) is 6.45. The molecular weight excluding hydrogens is 515 g/mol. The molecule has 1 atom stereocenters. The monoisotopic (exact) mass is 536 g/mol. The Morgan fingerprint density at radius 1 is 1.00 bits per heavy atom. The highest BCUT2D eigenvalue weighted by molar-refractivity contribution is 6.30. The van der Waals surface area contributed by atoms with Gasteiger partial charge in [0.15, 0.2) is 11.6 Å². The van der Waals surface area contributed by atoms with E-state index in [2.05, 4.69) is 15.2 Å². The lowest BCUT2D eigenvalue weighted by Gasteiger charge is -2.59. The molecule has 0 bridgehead atoms. The molecule has 194 valence electrons. The number of fused-ring (bicyclic) bond motifs is 3. The molecule has 0 radical (unpaired) electrons. The van der Waals surface area contributed by atoms with E-state index in [0.717, 1.165) is 36.0 Å². The molecule has 2 saturated carbocycles. The molecule has 1 aromatic carbocycles. The highest BCUT2D eigenvalue weighted by atomic mass is 35.5. The van der Waals surface area contributed by atoms with Crippen LogP contribution in [0.4, 0.5) is 27.8 Å². The summed E-state index contributed by atoms with van der Waals surface area (Å²) >= 11 is 6.26. The van der Waals surface area contributed by atoms with Crippen molar-refractivity contribution in [3.63, 3.8) is 0 Å². The predicted molar refractivity (Wildman–Crippen MR) is 125 cm³/mol. The molecule has 1 saturated heterocycles. The molecule has 2 aliphatic heterocycles. The van der Waals surface area contributed by atoms with Crippen LogP contribution in [-0.2, 0) is 13.1 Å². The Hall–Kier alpha value is -2.79. The van der Waals surface area contributed by atoms with Gasteiger partial charge >= 0.3 is 0 Å². The van der Waals surface area contributed by atoms with Crippen LogP contribution in [-0.4, -0.2) is 49.7 Å². The third kappa shape index (κ3) is 3.72. The van der Waals surface area contributed by atoms with Gasteiger partial charge in [-0.05, 0) is 48.7 Å². The van der Waals surface area contributed by atoms with E-state index in [9.17, 15) is 22.0 Å². The molecule has 37 heavy (non-hydrogen) atoms. The van der Waals surface area contributed by atoms with Gasteiger partial charge < -0.3 is 4.90 Å². The SMILES string of the molecule is Fc1ccc(N2CC3(CC(c4nnc5n4-c4ccc(Cl)cc4CN(C4CC4(F)F)C5)C3)C2)nc1C(F)F. The molecule has 4 aliphatic rings. The van der Waals surface area contributed by atoms with Crippen LogP contribution < -0.4 is 4.90 Å². The van der Waals surface area contributed by atoms with Crippen molar-refractivity contribution < 1.29 is 22.0 Å². The maximum Gasteiger partial charge on any atom is 0.283 e. The van der Waals surface area contributed by atoms with Crippen LogP contribution in [0.1, 0.15) is 54.5 Å². The number of halogens is 6. The number of rotatable bonds is 4. The van der Waals surface area contributed by atoms with Crippen LogP contribution in [0.5, 0.6) is 0 Å². The predicted octanol–water partition coefficient (Wildman–Crippen LogP) is 5.50. The number of anilines is 1. The molecule has 7 rings (SSSR count). The number of alkyl halides is 4. The summed E-state index contributed by atoms with van der Waals surface area (Å²) in [5, 5.41) is 9.44. The van der Waals surface area contributed by atoms with Crippen molar-refractivity contribution in [1.29, 1.82) is 0 Å². The van der Waals surface area contributed by atoms with Gasteiger partial charge in [0.05, 0.1) is 18.3 Å². The maximum absolute atomic E-state index is 13.9. The molecule has 2 aromatic heterocycles. The van der Waals surface area contributed by atoms with Gasteiger partial charge in [-0.3, -0.25) is 9.47 Å². The Bertz CT molecular complexity index is 1400. The largest absolute Gasteiger partial charge is 0.355 e. The second-order valence-corrected chi connectivity index (χ2v) is 11.2. The molecule has 3 aromatic rings. The minimum Gasteiger partial charge on any atom is -0.355 e. The minimum atomic E-state index is -2.97. The van der Waals surface area contributed by atoms with Crippen molar-refractivity contribution >= 4 is 17.4 Å². The summed E-state index contributed by atoms with van der Waals surface area (Å²) in [5.41, 5.74) is 0.898. The molecule has 6 nitrogen and oxygen atoms in total. The summed E-state index contributed by atoms with van der Waals surface area (Å²) < 4.78 is 69.6. The van der Waals surface area contributed by atoms with Gasteiger partial charge in [0.1, 0.15) is 17.3 Å². The number of aromatic nitrogens is 4. The van der Waals surface area contributed by atoms with E-state index in [0.29, 0.717) is 36.3 Å². The number of pyridine rings is 1. The fourth-order valence-electron chi connectivity index (χ4n) is 6.26. The summed E-state index contributed by atoms with van der Waals surface area (Å²) in [7, 11) is 0.